The molecule has 0 unspecified atom stereocenters. The third kappa shape index (κ3) is 4.25. The van der Waals surface area contributed by atoms with Gasteiger partial charge in [0.2, 0.25) is 0 Å². The van der Waals surface area contributed by atoms with Gasteiger partial charge in [-0.1, -0.05) is 5.92 Å². The zero-order chi connectivity index (χ0) is 11.1. The van der Waals surface area contributed by atoms with Crippen LogP contribution < -0.4 is 0 Å². The molecule has 0 aliphatic rings. The number of pyridine rings is 1. The number of hydrogen-bond donors (Lipinski definition) is 1. The molecule has 4 nitrogen and oxygen atoms in total. The second-order valence-corrected chi connectivity index (χ2v) is 3.10. The molecule has 1 aromatic heterocycles. The maximum atomic E-state index is 10.6. The van der Waals surface area contributed by atoms with E-state index >= 15 is 0 Å². The fourth-order valence-corrected chi connectivity index (χ4v) is 1.23. The summed E-state index contributed by atoms with van der Waals surface area (Å²) in [5.74, 6) is 1.56. The van der Waals surface area contributed by atoms with Crippen molar-refractivity contribution in [2.24, 2.45) is 0 Å². The Labute approximate surface area is 88.6 Å². The van der Waals surface area contributed by atoms with Crippen LogP contribution in [-0.2, 0) is 11.3 Å². The largest absolute Gasteiger partial charge is 0.480 e. The second-order valence-electron chi connectivity index (χ2n) is 3.10. The smallest absolute Gasteiger partial charge is 0.317 e. The number of terminal acetylenes is 1. The van der Waals surface area contributed by atoms with Crippen LogP contribution >= 0.6 is 0 Å². The number of carboxylic acid groups (broad SMARTS) is 1. The van der Waals surface area contributed by atoms with Crippen LogP contribution in [0.5, 0.6) is 0 Å². The summed E-state index contributed by atoms with van der Waals surface area (Å²) in [6, 6.07) is 3.68. The van der Waals surface area contributed by atoms with Gasteiger partial charge in [0.1, 0.15) is 0 Å². The Morgan fingerprint density at radius 1 is 1.53 bits per heavy atom. The molecule has 1 aromatic rings. The fourth-order valence-electron chi connectivity index (χ4n) is 1.23. The van der Waals surface area contributed by atoms with Crippen molar-refractivity contribution >= 4 is 5.97 Å². The van der Waals surface area contributed by atoms with Gasteiger partial charge in [-0.2, -0.15) is 0 Å². The summed E-state index contributed by atoms with van der Waals surface area (Å²) in [7, 11) is 0. The molecule has 1 N–H and O–H groups in total. The Kier molecular flexibility index (Phi) is 4.32. The number of nitrogens with zero attached hydrogens (tertiary/aromatic N) is 2. The number of hydrogen-bond acceptors (Lipinski definition) is 3. The molecular weight excluding hydrogens is 192 g/mol. The standard InChI is InChI=1S/C11H12N2O2/c1-2-7-13(9-11(14)15)8-10-3-5-12-6-4-10/h1,3-6H,7-9H2,(H,14,15). The lowest BCUT2D eigenvalue weighted by Crippen LogP contribution is -2.29. The first-order valence-corrected chi connectivity index (χ1v) is 4.49. The minimum atomic E-state index is -0.876. The van der Waals surface area contributed by atoms with Crippen molar-refractivity contribution in [1.29, 1.82) is 0 Å². The number of carbonyl (C=O) groups is 1. The van der Waals surface area contributed by atoms with Crippen molar-refractivity contribution in [3.05, 3.63) is 30.1 Å². The maximum Gasteiger partial charge on any atom is 0.317 e. The number of aliphatic carboxylic acids is 1. The van der Waals surface area contributed by atoms with Gasteiger partial charge < -0.3 is 5.11 Å². The van der Waals surface area contributed by atoms with Crippen LogP contribution in [0.3, 0.4) is 0 Å². The third-order valence-electron chi connectivity index (χ3n) is 1.83. The van der Waals surface area contributed by atoms with Crippen molar-refractivity contribution < 1.29 is 9.90 Å². The zero-order valence-corrected chi connectivity index (χ0v) is 8.26. The van der Waals surface area contributed by atoms with Crippen molar-refractivity contribution in [3.63, 3.8) is 0 Å². The quantitative estimate of drug-likeness (QED) is 0.714. The SMILES string of the molecule is C#CCN(CC(=O)O)Cc1ccncc1. The van der Waals surface area contributed by atoms with Crippen LogP contribution in [0.4, 0.5) is 0 Å². The Hall–Kier alpha value is -1.86. The highest BCUT2D eigenvalue weighted by atomic mass is 16.4. The molecule has 0 fully saturated rings. The summed E-state index contributed by atoms with van der Waals surface area (Å²) in [6.45, 7) is 0.806. The molecule has 15 heavy (non-hydrogen) atoms. The van der Waals surface area contributed by atoms with Gasteiger partial charge in [0.05, 0.1) is 13.1 Å². The molecule has 0 aromatic carbocycles. The summed E-state index contributed by atoms with van der Waals surface area (Å²) < 4.78 is 0. The van der Waals surface area contributed by atoms with Crippen LogP contribution in [0.2, 0.25) is 0 Å². The van der Waals surface area contributed by atoms with Gasteiger partial charge in [0, 0.05) is 18.9 Å². The predicted molar refractivity (Wildman–Crippen MR) is 56.0 cm³/mol. The van der Waals surface area contributed by atoms with E-state index in [-0.39, 0.29) is 6.54 Å². The van der Waals surface area contributed by atoms with Crippen molar-refractivity contribution in [2.45, 2.75) is 6.54 Å². The van der Waals surface area contributed by atoms with Crippen LogP contribution in [0.15, 0.2) is 24.5 Å². The van der Waals surface area contributed by atoms with Crippen molar-refractivity contribution in [2.75, 3.05) is 13.1 Å². The van der Waals surface area contributed by atoms with E-state index in [0.29, 0.717) is 13.1 Å². The highest BCUT2D eigenvalue weighted by molar-refractivity contribution is 5.69. The predicted octanol–water partition coefficient (Wildman–Crippen LogP) is 0.601. The van der Waals surface area contributed by atoms with Crippen LogP contribution in [0, 0.1) is 12.3 Å². The first-order valence-electron chi connectivity index (χ1n) is 4.49. The molecule has 1 rings (SSSR count). The molecule has 0 radical (unpaired) electrons. The van der Waals surface area contributed by atoms with E-state index in [9.17, 15) is 4.79 Å². The van der Waals surface area contributed by atoms with E-state index in [1.54, 1.807) is 17.3 Å². The molecule has 78 valence electrons. The van der Waals surface area contributed by atoms with Crippen molar-refractivity contribution in [1.82, 2.24) is 9.88 Å². The molecule has 0 saturated carbocycles. The fraction of sp³-hybridized carbons (Fsp3) is 0.273. The zero-order valence-electron chi connectivity index (χ0n) is 8.26. The second kappa shape index (κ2) is 5.78. The van der Waals surface area contributed by atoms with E-state index in [1.807, 2.05) is 12.1 Å². The Morgan fingerprint density at radius 2 is 2.20 bits per heavy atom. The number of aromatic nitrogens is 1. The van der Waals surface area contributed by atoms with E-state index in [1.165, 1.54) is 0 Å². The molecule has 0 aliphatic heterocycles. The Morgan fingerprint density at radius 3 is 2.73 bits per heavy atom. The number of carboxylic acids is 1. The summed E-state index contributed by atoms with van der Waals surface area (Å²) in [4.78, 5) is 16.1. The average Bonchev–Trinajstić information content (AvgIpc) is 2.18. The highest BCUT2D eigenvalue weighted by Crippen LogP contribution is 2.02. The average molecular weight is 204 g/mol. The highest BCUT2D eigenvalue weighted by Gasteiger charge is 2.08. The molecule has 4 heteroatoms. The first-order chi connectivity index (χ1) is 7.22. The third-order valence-corrected chi connectivity index (χ3v) is 1.83. The van der Waals surface area contributed by atoms with Gasteiger partial charge in [-0.15, -0.1) is 6.42 Å². The Bertz CT molecular complexity index is 357. The molecule has 0 bridgehead atoms. The normalized spacial score (nSPS) is 9.87. The van der Waals surface area contributed by atoms with E-state index < -0.39 is 5.97 Å². The van der Waals surface area contributed by atoms with Gasteiger partial charge in [0.15, 0.2) is 0 Å². The van der Waals surface area contributed by atoms with E-state index in [4.69, 9.17) is 11.5 Å². The maximum absolute atomic E-state index is 10.6. The first kappa shape index (κ1) is 11.2. The lowest BCUT2D eigenvalue weighted by molar-refractivity contribution is -0.138. The minimum absolute atomic E-state index is 0.0491. The van der Waals surface area contributed by atoms with Gasteiger partial charge in [-0.25, -0.2) is 0 Å². The summed E-state index contributed by atoms with van der Waals surface area (Å²) in [6.07, 6.45) is 8.50. The lowest BCUT2D eigenvalue weighted by Gasteiger charge is -2.16. The topological polar surface area (TPSA) is 53.4 Å². The minimum Gasteiger partial charge on any atom is -0.480 e. The molecule has 0 saturated heterocycles. The molecule has 0 aliphatic carbocycles. The summed E-state index contributed by atoms with van der Waals surface area (Å²) >= 11 is 0. The molecular formula is C11H12N2O2. The molecule has 0 spiro atoms. The molecule has 0 amide bonds. The summed E-state index contributed by atoms with van der Waals surface area (Å²) in [5, 5.41) is 8.67. The van der Waals surface area contributed by atoms with Crippen molar-refractivity contribution in [3.8, 4) is 12.3 Å². The van der Waals surface area contributed by atoms with E-state index in [2.05, 4.69) is 10.9 Å². The molecule has 0 atom stereocenters. The van der Waals surface area contributed by atoms with Crippen LogP contribution in [0.1, 0.15) is 5.56 Å². The number of rotatable bonds is 5. The lowest BCUT2D eigenvalue weighted by atomic mass is 10.2. The summed E-state index contributed by atoms with van der Waals surface area (Å²) in [5.41, 5.74) is 1.00. The van der Waals surface area contributed by atoms with Crippen LogP contribution in [-0.4, -0.2) is 34.0 Å². The van der Waals surface area contributed by atoms with Gasteiger partial charge in [0.25, 0.3) is 0 Å². The van der Waals surface area contributed by atoms with Crippen LogP contribution in [0.25, 0.3) is 0 Å². The molecule has 1 heterocycles. The van der Waals surface area contributed by atoms with Gasteiger partial charge in [-0.3, -0.25) is 14.7 Å². The monoisotopic (exact) mass is 204 g/mol. The van der Waals surface area contributed by atoms with Gasteiger partial charge in [-0.05, 0) is 17.7 Å². The van der Waals surface area contributed by atoms with Gasteiger partial charge >= 0.3 is 5.97 Å². The Balaban J connectivity index is 2.59. The van der Waals surface area contributed by atoms with E-state index in [0.717, 1.165) is 5.56 Å².